The molecule has 2 fully saturated rings. The van der Waals surface area contributed by atoms with E-state index in [1.165, 1.54) is 23.4 Å². The number of carbonyl (C=O) groups excluding carboxylic acids is 1. The molecule has 0 spiro atoms. The van der Waals surface area contributed by atoms with Crippen LogP contribution in [0.2, 0.25) is 4.34 Å². The van der Waals surface area contributed by atoms with Crippen molar-refractivity contribution >= 4 is 28.7 Å². The first-order valence-corrected chi connectivity index (χ1v) is 10.6. The third-order valence-electron chi connectivity index (χ3n) is 5.54. The number of thiophene rings is 1. The van der Waals surface area contributed by atoms with Gasteiger partial charge in [-0.05, 0) is 44.9 Å². The molecule has 0 unspecified atom stereocenters. The molecule has 0 bridgehead atoms. The van der Waals surface area contributed by atoms with E-state index in [0.717, 1.165) is 48.3 Å². The minimum absolute atomic E-state index is 0.267. The second kappa shape index (κ2) is 7.47. The van der Waals surface area contributed by atoms with Crippen LogP contribution in [0.5, 0.6) is 0 Å². The molecule has 1 saturated heterocycles. The Bertz CT molecular complexity index is 800. The minimum atomic E-state index is 0.267. The first-order chi connectivity index (χ1) is 12.5. The quantitative estimate of drug-likeness (QED) is 0.692. The second-order valence-corrected chi connectivity index (χ2v) is 9.37. The predicted molar refractivity (Wildman–Crippen MR) is 108 cm³/mol. The van der Waals surface area contributed by atoms with Gasteiger partial charge in [-0.15, -0.1) is 11.3 Å². The van der Waals surface area contributed by atoms with E-state index in [1.807, 2.05) is 6.07 Å². The van der Waals surface area contributed by atoms with Crippen molar-refractivity contribution in [2.45, 2.75) is 39.3 Å². The highest BCUT2D eigenvalue weighted by atomic mass is 35.5. The fourth-order valence-electron chi connectivity index (χ4n) is 4.00. The summed E-state index contributed by atoms with van der Waals surface area (Å²) in [6.45, 7) is 9.63. The van der Waals surface area contributed by atoms with Gasteiger partial charge in [0.15, 0.2) is 5.78 Å². The topological polar surface area (TPSA) is 28.5 Å². The average Bonchev–Trinajstić information content (AvgIpc) is 3.28. The Hall–Kier alpha value is -1.14. The summed E-state index contributed by atoms with van der Waals surface area (Å²) < 4.78 is 3.21. The van der Waals surface area contributed by atoms with Crippen LogP contribution in [0.1, 0.15) is 45.5 Å². The molecule has 0 aromatic carbocycles. The first kappa shape index (κ1) is 18.2. The van der Waals surface area contributed by atoms with Gasteiger partial charge in [0.05, 0.1) is 10.9 Å². The van der Waals surface area contributed by atoms with Crippen molar-refractivity contribution in [2.24, 2.45) is 0 Å². The van der Waals surface area contributed by atoms with Gasteiger partial charge in [-0.2, -0.15) is 0 Å². The molecule has 0 amide bonds. The Morgan fingerprint density at radius 3 is 2.46 bits per heavy atom. The zero-order chi connectivity index (χ0) is 18.3. The van der Waals surface area contributed by atoms with Crippen LogP contribution in [0.3, 0.4) is 0 Å². The van der Waals surface area contributed by atoms with E-state index < -0.39 is 0 Å². The molecule has 0 N–H and O–H groups in total. The summed E-state index contributed by atoms with van der Waals surface area (Å²) in [5.41, 5.74) is 3.31. The number of Topliss-reactive ketones (excluding diaryl/α,β-unsaturated/α-hetero) is 1. The lowest BCUT2D eigenvalue weighted by Crippen LogP contribution is -2.47. The van der Waals surface area contributed by atoms with Crippen molar-refractivity contribution in [1.29, 1.82) is 0 Å². The van der Waals surface area contributed by atoms with Crippen LogP contribution in [-0.4, -0.2) is 52.9 Å². The third-order valence-corrected chi connectivity index (χ3v) is 6.75. The first-order valence-electron chi connectivity index (χ1n) is 9.42. The lowest BCUT2D eigenvalue weighted by molar-refractivity contribution is 0.0844. The maximum absolute atomic E-state index is 12.8. The lowest BCUT2D eigenvalue weighted by atomic mass is 10.1. The summed E-state index contributed by atoms with van der Waals surface area (Å²) >= 11 is 7.67. The Labute approximate surface area is 164 Å². The average molecular weight is 392 g/mol. The van der Waals surface area contributed by atoms with E-state index in [2.05, 4.69) is 40.3 Å². The zero-order valence-electron chi connectivity index (χ0n) is 15.5. The van der Waals surface area contributed by atoms with Crippen LogP contribution < -0.4 is 0 Å². The van der Waals surface area contributed by atoms with Gasteiger partial charge in [0, 0.05) is 60.6 Å². The van der Waals surface area contributed by atoms with Crippen molar-refractivity contribution < 1.29 is 4.79 Å². The van der Waals surface area contributed by atoms with Crippen LogP contribution in [-0.2, 0) is 6.54 Å². The number of halogens is 1. The molecule has 6 heteroatoms. The standard InChI is InChI=1S/C20H26ClN3OS/c1-14-11-18(15(2)24(14)16-3-4-16)19(25)13-23-9-7-22(8-10-23)12-17-5-6-20(21)26-17/h5-6,11,16H,3-4,7-10,12-13H2,1-2H3. The van der Waals surface area contributed by atoms with Crippen LogP contribution in [0.15, 0.2) is 18.2 Å². The summed E-state index contributed by atoms with van der Waals surface area (Å²) in [6, 6.07) is 6.80. The highest BCUT2D eigenvalue weighted by molar-refractivity contribution is 7.16. The van der Waals surface area contributed by atoms with E-state index in [9.17, 15) is 4.79 Å². The van der Waals surface area contributed by atoms with Crippen LogP contribution in [0.25, 0.3) is 0 Å². The maximum atomic E-state index is 12.8. The third kappa shape index (κ3) is 3.91. The summed E-state index contributed by atoms with van der Waals surface area (Å²) in [5, 5.41) is 0. The summed E-state index contributed by atoms with van der Waals surface area (Å²) in [6.07, 6.45) is 2.50. The molecule has 4 rings (SSSR count). The maximum Gasteiger partial charge on any atom is 0.178 e. The fraction of sp³-hybridized carbons (Fsp3) is 0.550. The molecule has 1 aliphatic carbocycles. The van der Waals surface area contributed by atoms with E-state index in [4.69, 9.17) is 11.6 Å². The molecule has 0 atom stereocenters. The van der Waals surface area contributed by atoms with Crippen molar-refractivity contribution in [3.05, 3.63) is 44.4 Å². The minimum Gasteiger partial charge on any atom is -0.345 e. The molecule has 1 saturated carbocycles. The fourth-order valence-corrected chi connectivity index (χ4v) is 5.13. The van der Waals surface area contributed by atoms with Gasteiger partial charge in [-0.3, -0.25) is 14.6 Å². The van der Waals surface area contributed by atoms with Gasteiger partial charge >= 0.3 is 0 Å². The summed E-state index contributed by atoms with van der Waals surface area (Å²) in [7, 11) is 0. The van der Waals surface area contributed by atoms with Gasteiger partial charge in [0.25, 0.3) is 0 Å². The normalized spacial score (nSPS) is 19.2. The van der Waals surface area contributed by atoms with E-state index in [-0.39, 0.29) is 5.78 Å². The number of hydrogen-bond acceptors (Lipinski definition) is 4. The Balaban J connectivity index is 1.31. The van der Waals surface area contributed by atoms with Gasteiger partial charge in [-0.1, -0.05) is 11.6 Å². The van der Waals surface area contributed by atoms with Crippen molar-refractivity contribution in [1.82, 2.24) is 14.4 Å². The molecule has 2 aromatic heterocycles. The number of aryl methyl sites for hydroxylation is 1. The summed E-state index contributed by atoms with van der Waals surface area (Å²) in [4.78, 5) is 18.9. The number of aromatic nitrogens is 1. The number of ketones is 1. The Kier molecular flexibility index (Phi) is 5.24. The smallest absolute Gasteiger partial charge is 0.178 e. The molecule has 2 aliphatic rings. The van der Waals surface area contributed by atoms with Gasteiger partial charge in [-0.25, -0.2) is 0 Å². The van der Waals surface area contributed by atoms with Gasteiger partial charge in [0.2, 0.25) is 0 Å². The SMILES string of the molecule is Cc1cc(C(=O)CN2CCN(Cc3ccc(Cl)s3)CC2)c(C)n1C1CC1. The molecule has 4 nitrogen and oxygen atoms in total. The number of carbonyl (C=O) groups is 1. The van der Waals surface area contributed by atoms with Crippen LogP contribution >= 0.6 is 22.9 Å². The lowest BCUT2D eigenvalue weighted by Gasteiger charge is -2.34. The van der Waals surface area contributed by atoms with Gasteiger partial charge in [0.1, 0.15) is 0 Å². The molecule has 140 valence electrons. The van der Waals surface area contributed by atoms with E-state index in [1.54, 1.807) is 11.3 Å². The van der Waals surface area contributed by atoms with E-state index in [0.29, 0.717) is 12.6 Å². The number of rotatable bonds is 6. The van der Waals surface area contributed by atoms with Crippen LogP contribution in [0, 0.1) is 13.8 Å². The number of nitrogens with zero attached hydrogens (tertiary/aromatic N) is 3. The molecule has 2 aromatic rings. The molecule has 0 radical (unpaired) electrons. The Morgan fingerprint density at radius 2 is 1.85 bits per heavy atom. The summed E-state index contributed by atoms with van der Waals surface area (Å²) in [5.74, 6) is 0.267. The second-order valence-electron chi connectivity index (χ2n) is 7.57. The predicted octanol–water partition coefficient (Wildman–Crippen LogP) is 4.16. The highest BCUT2D eigenvalue weighted by Gasteiger charge is 2.29. The molecular weight excluding hydrogens is 366 g/mol. The van der Waals surface area contributed by atoms with E-state index >= 15 is 0 Å². The Morgan fingerprint density at radius 1 is 1.15 bits per heavy atom. The van der Waals surface area contributed by atoms with Crippen molar-refractivity contribution in [2.75, 3.05) is 32.7 Å². The number of piperazine rings is 1. The molecule has 3 heterocycles. The van der Waals surface area contributed by atoms with Crippen molar-refractivity contribution in [3.8, 4) is 0 Å². The molecular formula is C20H26ClN3OS. The van der Waals surface area contributed by atoms with Gasteiger partial charge < -0.3 is 4.57 Å². The van der Waals surface area contributed by atoms with Crippen LogP contribution in [0.4, 0.5) is 0 Å². The number of hydrogen-bond donors (Lipinski definition) is 0. The van der Waals surface area contributed by atoms with Crippen molar-refractivity contribution in [3.63, 3.8) is 0 Å². The highest BCUT2D eigenvalue weighted by Crippen LogP contribution is 2.38. The monoisotopic (exact) mass is 391 g/mol. The molecule has 26 heavy (non-hydrogen) atoms. The zero-order valence-corrected chi connectivity index (χ0v) is 17.1. The molecule has 1 aliphatic heterocycles. The largest absolute Gasteiger partial charge is 0.345 e.